The summed E-state index contributed by atoms with van der Waals surface area (Å²) >= 11 is 3.08. The Hall–Kier alpha value is -1.70. The second-order valence-corrected chi connectivity index (χ2v) is 8.04. The van der Waals surface area contributed by atoms with Crippen molar-refractivity contribution in [2.45, 2.75) is 32.2 Å². The second kappa shape index (κ2) is 8.12. The molecule has 1 fully saturated rings. The van der Waals surface area contributed by atoms with Crippen molar-refractivity contribution in [1.29, 1.82) is 0 Å². The fourth-order valence-corrected chi connectivity index (χ4v) is 4.54. The van der Waals surface area contributed by atoms with Gasteiger partial charge < -0.3 is 15.0 Å². The van der Waals surface area contributed by atoms with E-state index in [1.54, 1.807) is 18.3 Å². The van der Waals surface area contributed by atoms with E-state index in [1.165, 1.54) is 16.9 Å². The molecule has 1 unspecified atom stereocenters. The summed E-state index contributed by atoms with van der Waals surface area (Å²) in [6, 6.07) is 2.08. The molecule has 0 saturated heterocycles. The van der Waals surface area contributed by atoms with Crippen molar-refractivity contribution in [1.82, 2.24) is 0 Å². The molecule has 0 spiro atoms. The summed E-state index contributed by atoms with van der Waals surface area (Å²) in [5.41, 5.74) is 2.81. The highest BCUT2D eigenvalue weighted by molar-refractivity contribution is 7.15. The van der Waals surface area contributed by atoms with Crippen LogP contribution in [-0.4, -0.2) is 32.1 Å². The van der Waals surface area contributed by atoms with Gasteiger partial charge in [0.15, 0.2) is 6.54 Å². The predicted octanol–water partition coefficient (Wildman–Crippen LogP) is 2.52. The molecule has 5 nitrogen and oxygen atoms in total. The van der Waals surface area contributed by atoms with E-state index < -0.39 is 0 Å². The molecule has 7 heteroatoms. The zero-order chi connectivity index (χ0) is 17.8. The van der Waals surface area contributed by atoms with E-state index in [0.29, 0.717) is 29.6 Å². The molecule has 3 rings (SSSR count). The van der Waals surface area contributed by atoms with Gasteiger partial charge in [0.25, 0.3) is 5.91 Å². The van der Waals surface area contributed by atoms with Crippen molar-refractivity contribution in [2.24, 2.45) is 0 Å². The molecule has 0 aliphatic heterocycles. The van der Waals surface area contributed by atoms with Crippen LogP contribution >= 0.6 is 22.7 Å². The van der Waals surface area contributed by atoms with Crippen LogP contribution in [0.5, 0.6) is 0 Å². The number of esters is 1. The summed E-state index contributed by atoms with van der Waals surface area (Å²) in [7, 11) is 1.99. The molecular weight excluding hydrogens is 356 g/mol. The van der Waals surface area contributed by atoms with Gasteiger partial charge in [-0.1, -0.05) is 0 Å². The van der Waals surface area contributed by atoms with Crippen molar-refractivity contribution < 1.29 is 19.2 Å². The lowest BCUT2D eigenvalue weighted by atomic mass is 10.1. The number of quaternary nitrogens is 1. The first-order chi connectivity index (χ1) is 12.1. The summed E-state index contributed by atoms with van der Waals surface area (Å²) in [5, 5.41) is 9.67. The molecular formula is C18H23N2O3S2+. The minimum absolute atomic E-state index is 0.0810. The fourth-order valence-electron chi connectivity index (χ4n) is 2.82. The molecule has 2 N–H and O–H groups in total. The number of ether oxygens (including phenoxy) is 1. The minimum Gasteiger partial charge on any atom is -0.462 e. The standard InChI is InChI=1S/C18H22N2O3S2/c1-3-23-18(22)16-14(13-4-5-13)11-25-17(16)19-15(21)9-20(2)8-12-6-7-24-10-12/h6-7,10-11,13H,3-5,8-9H2,1-2H3,(H,19,21)/p+1. The number of thiophene rings is 2. The summed E-state index contributed by atoms with van der Waals surface area (Å²) < 4.78 is 5.19. The molecule has 0 radical (unpaired) electrons. The molecule has 1 atom stereocenters. The third kappa shape index (κ3) is 4.68. The Balaban J connectivity index is 1.65. The Labute approximate surface area is 155 Å². The van der Waals surface area contributed by atoms with Gasteiger partial charge in [-0.25, -0.2) is 4.79 Å². The fraction of sp³-hybridized carbons (Fsp3) is 0.444. The van der Waals surface area contributed by atoms with Crippen LogP contribution in [0, 0.1) is 0 Å². The topological polar surface area (TPSA) is 59.8 Å². The van der Waals surface area contributed by atoms with Gasteiger partial charge in [-0.3, -0.25) is 4.79 Å². The largest absolute Gasteiger partial charge is 0.462 e. The number of anilines is 1. The van der Waals surface area contributed by atoms with Crippen LogP contribution in [0.1, 0.15) is 47.2 Å². The maximum absolute atomic E-state index is 12.4. The Morgan fingerprint density at radius 3 is 2.80 bits per heavy atom. The van der Waals surface area contributed by atoms with Crippen molar-refractivity contribution in [2.75, 3.05) is 25.5 Å². The highest BCUT2D eigenvalue weighted by atomic mass is 32.1. The molecule has 134 valence electrons. The van der Waals surface area contributed by atoms with Gasteiger partial charge in [-0.05, 0) is 53.5 Å². The molecule has 2 heterocycles. The maximum atomic E-state index is 12.4. The van der Waals surface area contributed by atoms with Crippen LogP contribution in [0.2, 0.25) is 0 Å². The zero-order valence-corrected chi connectivity index (χ0v) is 16.1. The van der Waals surface area contributed by atoms with Crippen LogP contribution in [0.25, 0.3) is 0 Å². The van der Waals surface area contributed by atoms with Crippen molar-refractivity contribution in [3.8, 4) is 0 Å². The third-order valence-corrected chi connectivity index (χ3v) is 5.76. The van der Waals surface area contributed by atoms with Crippen LogP contribution in [0.3, 0.4) is 0 Å². The van der Waals surface area contributed by atoms with E-state index >= 15 is 0 Å². The van der Waals surface area contributed by atoms with Crippen LogP contribution in [0.4, 0.5) is 5.00 Å². The van der Waals surface area contributed by atoms with Gasteiger partial charge in [0.1, 0.15) is 11.5 Å². The average molecular weight is 380 g/mol. The van der Waals surface area contributed by atoms with Crippen molar-refractivity contribution >= 4 is 39.6 Å². The number of likely N-dealkylation sites (N-methyl/N-ethyl adjacent to an activating group) is 1. The summed E-state index contributed by atoms with van der Waals surface area (Å²) in [6.45, 7) is 3.29. The first kappa shape index (κ1) is 18.1. The lowest BCUT2D eigenvalue weighted by Crippen LogP contribution is -3.08. The number of carbonyl (C=O) groups excluding carboxylic acids is 2. The lowest BCUT2D eigenvalue weighted by Gasteiger charge is -2.13. The van der Waals surface area contributed by atoms with Crippen molar-refractivity contribution in [3.05, 3.63) is 38.9 Å². The Bertz CT molecular complexity index is 736. The number of carbonyl (C=O) groups is 2. The first-order valence-electron chi connectivity index (χ1n) is 8.49. The van der Waals surface area contributed by atoms with Gasteiger partial charge in [-0.2, -0.15) is 11.3 Å². The quantitative estimate of drug-likeness (QED) is 0.693. The van der Waals surface area contributed by atoms with E-state index in [0.717, 1.165) is 29.8 Å². The molecule has 0 aromatic carbocycles. The smallest absolute Gasteiger partial charge is 0.341 e. The Morgan fingerprint density at radius 1 is 1.36 bits per heavy atom. The maximum Gasteiger partial charge on any atom is 0.341 e. The van der Waals surface area contributed by atoms with E-state index in [4.69, 9.17) is 4.74 Å². The van der Waals surface area contributed by atoms with Crippen LogP contribution < -0.4 is 10.2 Å². The second-order valence-electron chi connectivity index (χ2n) is 6.38. The Morgan fingerprint density at radius 2 is 2.16 bits per heavy atom. The average Bonchev–Trinajstić information content (AvgIpc) is 3.12. The molecule has 1 amide bonds. The van der Waals surface area contributed by atoms with E-state index in [9.17, 15) is 9.59 Å². The van der Waals surface area contributed by atoms with Gasteiger partial charge in [0, 0.05) is 5.56 Å². The molecule has 1 aliphatic carbocycles. The monoisotopic (exact) mass is 379 g/mol. The summed E-state index contributed by atoms with van der Waals surface area (Å²) in [4.78, 5) is 25.8. The number of hydrogen-bond donors (Lipinski definition) is 2. The van der Waals surface area contributed by atoms with Crippen LogP contribution in [0.15, 0.2) is 22.2 Å². The molecule has 0 bridgehead atoms. The van der Waals surface area contributed by atoms with Gasteiger partial charge in [0.2, 0.25) is 0 Å². The molecule has 25 heavy (non-hydrogen) atoms. The van der Waals surface area contributed by atoms with Crippen molar-refractivity contribution in [3.63, 3.8) is 0 Å². The predicted molar refractivity (Wildman–Crippen MR) is 101 cm³/mol. The van der Waals surface area contributed by atoms with E-state index in [1.807, 2.05) is 17.8 Å². The highest BCUT2D eigenvalue weighted by Crippen LogP contribution is 2.46. The third-order valence-electron chi connectivity index (χ3n) is 4.12. The minimum atomic E-state index is -0.333. The number of nitrogens with one attached hydrogen (secondary N) is 2. The summed E-state index contributed by atoms with van der Waals surface area (Å²) in [5.74, 6) is 0.0237. The number of amides is 1. The van der Waals surface area contributed by atoms with E-state index in [-0.39, 0.29) is 11.9 Å². The zero-order valence-electron chi connectivity index (χ0n) is 14.5. The summed E-state index contributed by atoms with van der Waals surface area (Å²) in [6.07, 6.45) is 2.20. The lowest BCUT2D eigenvalue weighted by molar-refractivity contribution is -0.885. The van der Waals surface area contributed by atoms with Crippen LogP contribution in [-0.2, 0) is 16.1 Å². The van der Waals surface area contributed by atoms with Gasteiger partial charge >= 0.3 is 5.97 Å². The normalized spacial score (nSPS) is 15.0. The molecule has 1 aliphatic rings. The highest BCUT2D eigenvalue weighted by Gasteiger charge is 2.32. The molecule has 2 aromatic rings. The number of rotatable bonds is 8. The Kier molecular flexibility index (Phi) is 5.88. The first-order valence-corrected chi connectivity index (χ1v) is 10.3. The number of hydrogen-bond acceptors (Lipinski definition) is 5. The van der Waals surface area contributed by atoms with Gasteiger partial charge in [0.05, 0.1) is 19.2 Å². The van der Waals surface area contributed by atoms with E-state index in [2.05, 4.69) is 16.8 Å². The molecule has 1 saturated carbocycles. The van der Waals surface area contributed by atoms with Gasteiger partial charge in [-0.15, -0.1) is 11.3 Å². The molecule has 2 aromatic heterocycles. The SMILES string of the molecule is CCOC(=O)c1c(C2CC2)csc1NC(=O)C[NH+](C)Cc1ccsc1.